The van der Waals surface area contributed by atoms with Gasteiger partial charge in [-0.3, -0.25) is 4.79 Å². The van der Waals surface area contributed by atoms with Gasteiger partial charge in [0.2, 0.25) is 0 Å². The number of nitrogens with one attached hydrogen (secondary N) is 1. The van der Waals surface area contributed by atoms with Gasteiger partial charge in [0.25, 0.3) is 5.91 Å². The van der Waals surface area contributed by atoms with Crippen LogP contribution >= 0.6 is 11.3 Å². The summed E-state index contributed by atoms with van der Waals surface area (Å²) in [5.74, 6) is 0.117. The maximum atomic E-state index is 13.1. The number of likely N-dealkylation sites (tertiary alicyclic amines) is 1. The third-order valence-electron chi connectivity index (χ3n) is 4.73. The summed E-state index contributed by atoms with van der Waals surface area (Å²) in [5.41, 5.74) is 3.19. The number of thiazole rings is 1. The smallest absolute Gasteiger partial charge is 0.266 e. The van der Waals surface area contributed by atoms with Gasteiger partial charge < -0.3 is 9.88 Å². The second-order valence-electron chi connectivity index (χ2n) is 6.47. The molecule has 3 heterocycles. The summed E-state index contributed by atoms with van der Waals surface area (Å²) < 4.78 is 0. The Labute approximate surface area is 151 Å². The first-order valence-electron chi connectivity index (χ1n) is 8.67. The molecule has 1 aliphatic heterocycles. The molecule has 128 valence electrons. The van der Waals surface area contributed by atoms with Gasteiger partial charge in [-0.05, 0) is 37.5 Å². The van der Waals surface area contributed by atoms with Crippen LogP contribution in [0.2, 0.25) is 0 Å². The Kier molecular flexibility index (Phi) is 4.40. The summed E-state index contributed by atoms with van der Waals surface area (Å²) in [7, 11) is 0. The summed E-state index contributed by atoms with van der Waals surface area (Å²) in [6.45, 7) is 2.76. The van der Waals surface area contributed by atoms with Gasteiger partial charge >= 0.3 is 0 Å². The second-order valence-corrected chi connectivity index (χ2v) is 7.55. The van der Waals surface area contributed by atoms with Crippen LogP contribution in [0.15, 0.2) is 48.7 Å². The van der Waals surface area contributed by atoms with Crippen molar-refractivity contribution in [1.29, 1.82) is 0 Å². The number of rotatable bonds is 4. The molecule has 0 bridgehead atoms. The standard InChI is InChI=1S/C20H21N3OS/c1-14-19(25-18(22-14)13-15-7-3-2-4-8-15)20(24)23-12-6-10-17(23)16-9-5-11-21-16/h2-5,7-9,11,17,21H,6,10,12-13H2,1H3/t17-/m1/s1. The molecule has 1 N–H and O–H groups in total. The van der Waals surface area contributed by atoms with Crippen molar-refractivity contribution in [2.75, 3.05) is 6.54 Å². The number of aryl methyl sites for hydroxylation is 1. The van der Waals surface area contributed by atoms with E-state index in [0.717, 1.165) is 47.1 Å². The maximum Gasteiger partial charge on any atom is 0.266 e. The van der Waals surface area contributed by atoms with Crippen LogP contribution in [0, 0.1) is 6.92 Å². The Balaban J connectivity index is 1.56. The number of nitrogens with zero attached hydrogens (tertiary/aromatic N) is 2. The minimum Gasteiger partial charge on any atom is -0.363 e. The molecule has 1 aromatic carbocycles. The van der Waals surface area contributed by atoms with E-state index >= 15 is 0 Å². The van der Waals surface area contributed by atoms with Crippen LogP contribution in [-0.4, -0.2) is 27.3 Å². The summed E-state index contributed by atoms with van der Waals surface area (Å²) in [4.78, 5) is 23.8. The van der Waals surface area contributed by atoms with E-state index in [0.29, 0.717) is 0 Å². The molecule has 0 saturated carbocycles. The molecule has 0 spiro atoms. The Morgan fingerprint density at radius 1 is 1.28 bits per heavy atom. The predicted octanol–water partition coefficient (Wildman–Crippen LogP) is 4.35. The topological polar surface area (TPSA) is 49.0 Å². The van der Waals surface area contributed by atoms with Gasteiger partial charge in [0.15, 0.2) is 0 Å². The molecular weight excluding hydrogens is 330 g/mol. The van der Waals surface area contributed by atoms with Gasteiger partial charge in [0.1, 0.15) is 4.88 Å². The van der Waals surface area contributed by atoms with Gasteiger partial charge in [-0.25, -0.2) is 4.98 Å². The van der Waals surface area contributed by atoms with E-state index < -0.39 is 0 Å². The van der Waals surface area contributed by atoms with Crippen molar-refractivity contribution >= 4 is 17.2 Å². The summed E-state index contributed by atoms with van der Waals surface area (Å²) in [5, 5.41) is 1.00. The van der Waals surface area contributed by atoms with Crippen molar-refractivity contribution in [2.45, 2.75) is 32.2 Å². The monoisotopic (exact) mass is 351 g/mol. The van der Waals surface area contributed by atoms with Crippen LogP contribution in [-0.2, 0) is 6.42 Å². The van der Waals surface area contributed by atoms with Crippen molar-refractivity contribution in [3.63, 3.8) is 0 Å². The van der Waals surface area contributed by atoms with E-state index in [4.69, 9.17) is 0 Å². The lowest BCUT2D eigenvalue weighted by Crippen LogP contribution is -2.30. The lowest BCUT2D eigenvalue weighted by atomic mass is 10.1. The zero-order valence-corrected chi connectivity index (χ0v) is 15.1. The van der Waals surface area contributed by atoms with Gasteiger partial charge in [0.05, 0.1) is 16.7 Å². The van der Waals surface area contributed by atoms with Gasteiger partial charge in [-0.2, -0.15) is 0 Å². The van der Waals surface area contributed by atoms with Crippen LogP contribution in [0.4, 0.5) is 0 Å². The van der Waals surface area contributed by atoms with Gasteiger partial charge in [-0.1, -0.05) is 30.3 Å². The van der Waals surface area contributed by atoms with E-state index in [2.05, 4.69) is 28.2 Å². The highest BCUT2D eigenvalue weighted by Crippen LogP contribution is 2.34. The molecule has 1 atom stereocenters. The molecule has 4 nitrogen and oxygen atoms in total. The first-order chi connectivity index (χ1) is 12.2. The molecule has 1 amide bonds. The fourth-order valence-electron chi connectivity index (χ4n) is 3.51. The SMILES string of the molecule is Cc1nc(Cc2ccccc2)sc1C(=O)N1CCC[C@@H]1c1ccc[nH]1. The number of aromatic nitrogens is 2. The second kappa shape index (κ2) is 6.84. The summed E-state index contributed by atoms with van der Waals surface area (Å²) >= 11 is 1.54. The number of hydrogen-bond donors (Lipinski definition) is 1. The molecule has 5 heteroatoms. The van der Waals surface area contributed by atoms with Crippen molar-refractivity contribution in [3.05, 3.63) is 75.5 Å². The van der Waals surface area contributed by atoms with Crippen molar-refractivity contribution in [1.82, 2.24) is 14.9 Å². The molecule has 4 rings (SSSR count). The quantitative estimate of drug-likeness (QED) is 0.760. The van der Waals surface area contributed by atoms with Crippen molar-refractivity contribution in [3.8, 4) is 0 Å². The highest BCUT2D eigenvalue weighted by molar-refractivity contribution is 7.13. The van der Waals surface area contributed by atoms with Gasteiger partial charge in [0, 0.05) is 24.9 Å². The lowest BCUT2D eigenvalue weighted by molar-refractivity contribution is 0.0737. The number of hydrogen-bond acceptors (Lipinski definition) is 3. The number of carbonyl (C=O) groups excluding carboxylic acids is 1. The molecule has 1 aliphatic rings. The van der Waals surface area contributed by atoms with Crippen molar-refractivity contribution in [2.24, 2.45) is 0 Å². The predicted molar refractivity (Wildman–Crippen MR) is 99.9 cm³/mol. The van der Waals surface area contributed by atoms with E-state index in [-0.39, 0.29) is 11.9 Å². The van der Waals surface area contributed by atoms with Crippen LogP contribution in [0.5, 0.6) is 0 Å². The molecule has 0 radical (unpaired) electrons. The van der Waals surface area contributed by atoms with Crippen LogP contribution in [0.25, 0.3) is 0 Å². The first kappa shape index (κ1) is 16.1. The Morgan fingerprint density at radius 2 is 2.12 bits per heavy atom. The number of amides is 1. The van der Waals surface area contributed by atoms with Crippen molar-refractivity contribution < 1.29 is 4.79 Å². The lowest BCUT2D eigenvalue weighted by Gasteiger charge is -2.23. The Hall–Kier alpha value is -2.40. The number of benzene rings is 1. The largest absolute Gasteiger partial charge is 0.363 e. The van der Waals surface area contributed by atoms with Crippen LogP contribution in [0.1, 0.15) is 50.5 Å². The molecule has 1 fully saturated rings. The molecule has 25 heavy (non-hydrogen) atoms. The average Bonchev–Trinajstić information content (AvgIpc) is 3.35. The van der Waals surface area contributed by atoms with E-state index in [1.54, 1.807) is 0 Å². The fraction of sp³-hybridized carbons (Fsp3) is 0.300. The number of aromatic amines is 1. The third-order valence-corrected chi connectivity index (χ3v) is 5.87. The number of H-pyrrole nitrogens is 1. The summed E-state index contributed by atoms with van der Waals surface area (Å²) in [6.07, 6.45) is 4.76. The first-order valence-corrected chi connectivity index (χ1v) is 9.48. The van der Waals surface area contributed by atoms with E-state index in [1.165, 1.54) is 16.9 Å². The Morgan fingerprint density at radius 3 is 2.88 bits per heavy atom. The van der Waals surface area contributed by atoms with E-state index in [1.807, 2.05) is 42.3 Å². The summed E-state index contributed by atoms with van der Waals surface area (Å²) in [6, 6.07) is 14.5. The maximum absolute atomic E-state index is 13.1. The third kappa shape index (κ3) is 3.24. The highest BCUT2D eigenvalue weighted by atomic mass is 32.1. The minimum absolute atomic E-state index is 0.117. The molecule has 0 aliphatic carbocycles. The van der Waals surface area contributed by atoms with Gasteiger partial charge in [-0.15, -0.1) is 11.3 Å². The zero-order chi connectivity index (χ0) is 17.2. The average molecular weight is 351 g/mol. The molecular formula is C20H21N3OS. The molecule has 2 aromatic heterocycles. The van der Waals surface area contributed by atoms with Crippen LogP contribution < -0.4 is 0 Å². The zero-order valence-electron chi connectivity index (χ0n) is 14.2. The fourth-order valence-corrected chi connectivity index (χ4v) is 4.57. The molecule has 3 aromatic rings. The minimum atomic E-state index is 0.117. The highest BCUT2D eigenvalue weighted by Gasteiger charge is 2.33. The van der Waals surface area contributed by atoms with E-state index in [9.17, 15) is 4.79 Å². The normalized spacial score (nSPS) is 17.2. The Bertz CT molecular complexity index is 854. The molecule has 1 saturated heterocycles. The molecule has 0 unspecified atom stereocenters. The van der Waals surface area contributed by atoms with Crippen LogP contribution in [0.3, 0.4) is 0 Å². The number of carbonyl (C=O) groups is 1.